The van der Waals surface area contributed by atoms with Gasteiger partial charge in [0.15, 0.2) is 0 Å². The number of hydrogen-bond donors (Lipinski definition) is 0. The summed E-state index contributed by atoms with van der Waals surface area (Å²) in [5.74, 6) is -0.781. The SMILES string of the molecule is C[Si](C)(C)c1c(F)ccc(I)c1F. The Kier molecular flexibility index (Phi) is 3.11. The zero-order valence-electron chi connectivity index (χ0n) is 7.79. The Balaban J connectivity index is 3.43. The van der Waals surface area contributed by atoms with Crippen LogP contribution in [0.3, 0.4) is 0 Å². The molecule has 0 aliphatic rings. The van der Waals surface area contributed by atoms with Crippen LogP contribution in [0.1, 0.15) is 0 Å². The second kappa shape index (κ2) is 3.65. The second-order valence-electron chi connectivity index (χ2n) is 3.97. The lowest BCUT2D eigenvalue weighted by molar-refractivity contribution is 0.591. The highest BCUT2D eigenvalue weighted by molar-refractivity contribution is 14.1. The summed E-state index contributed by atoms with van der Waals surface area (Å²) in [5, 5.41) is 0.305. The van der Waals surface area contributed by atoms with Crippen LogP contribution in [0, 0.1) is 15.2 Å². The van der Waals surface area contributed by atoms with Crippen molar-refractivity contribution >= 4 is 35.9 Å². The summed E-state index contributed by atoms with van der Waals surface area (Å²) in [6, 6.07) is 2.81. The highest BCUT2D eigenvalue weighted by atomic mass is 127. The summed E-state index contributed by atoms with van der Waals surface area (Å²) >= 11 is 1.89. The van der Waals surface area contributed by atoms with Crippen LogP contribution in [-0.4, -0.2) is 8.07 Å². The Bertz CT molecular complexity index is 331. The summed E-state index contributed by atoms with van der Waals surface area (Å²) in [4.78, 5) is 0. The summed E-state index contributed by atoms with van der Waals surface area (Å²) in [6.45, 7) is 5.81. The first-order valence-corrected chi connectivity index (χ1v) is 8.56. The van der Waals surface area contributed by atoms with Crippen LogP contribution < -0.4 is 5.19 Å². The molecule has 0 saturated heterocycles. The fourth-order valence-corrected chi connectivity index (χ4v) is 3.51. The first-order chi connectivity index (χ1) is 5.84. The first-order valence-electron chi connectivity index (χ1n) is 3.98. The molecule has 0 amide bonds. The average molecular weight is 312 g/mol. The lowest BCUT2D eigenvalue weighted by atomic mass is 10.3. The van der Waals surface area contributed by atoms with Gasteiger partial charge in [-0.25, -0.2) is 8.78 Å². The molecule has 0 atom stereocenters. The van der Waals surface area contributed by atoms with Crippen molar-refractivity contribution in [2.45, 2.75) is 19.6 Å². The van der Waals surface area contributed by atoms with Gasteiger partial charge < -0.3 is 0 Å². The second-order valence-corrected chi connectivity index (χ2v) is 10.1. The molecule has 0 aromatic heterocycles. The lowest BCUT2D eigenvalue weighted by Crippen LogP contribution is -2.42. The van der Waals surface area contributed by atoms with Crippen LogP contribution in [0.4, 0.5) is 8.78 Å². The third-order valence-electron chi connectivity index (χ3n) is 1.79. The molecule has 1 rings (SSSR count). The van der Waals surface area contributed by atoms with E-state index >= 15 is 0 Å². The van der Waals surface area contributed by atoms with Crippen LogP contribution in [0.25, 0.3) is 0 Å². The molecule has 0 fully saturated rings. The van der Waals surface area contributed by atoms with E-state index in [-0.39, 0.29) is 5.82 Å². The molecule has 0 aliphatic carbocycles. The molecule has 0 aliphatic heterocycles. The van der Waals surface area contributed by atoms with Crippen molar-refractivity contribution in [3.63, 3.8) is 0 Å². The van der Waals surface area contributed by atoms with Crippen molar-refractivity contribution in [2.75, 3.05) is 0 Å². The van der Waals surface area contributed by atoms with Crippen LogP contribution in [-0.2, 0) is 0 Å². The maximum Gasteiger partial charge on any atom is 0.138 e. The largest absolute Gasteiger partial charge is 0.207 e. The summed E-state index contributed by atoms with van der Waals surface area (Å²) in [5.41, 5.74) is 0. The minimum absolute atomic E-state index is 0.305. The molecule has 0 saturated carbocycles. The highest BCUT2D eigenvalue weighted by Crippen LogP contribution is 2.15. The van der Waals surface area contributed by atoms with E-state index in [0.717, 1.165) is 0 Å². The molecular formula is C9H11F2ISi. The van der Waals surface area contributed by atoms with E-state index in [0.29, 0.717) is 8.76 Å². The van der Waals surface area contributed by atoms with Gasteiger partial charge in [-0.2, -0.15) is 0 Å². The fourth-order valence-electron chi connectivity index (χ4n) is 1.21. The quantitative estimate of drug-likeness (QED) is 0.425. The van der Waals surface area contributed by atoms with Crippen molar-refractivity contribution in [1.29, 1.82) is 0 Å². The molecule has 0 N–H and O–H groups in total. The maximum absolute atomic E-state index is 13.5. The molecule has 0 bridgehead atoms. The molecule has 0 spiro atoms. The van der Waals surface area contributed by atoms with Crippen molar-refractivity contribution in [2.24, 2.45) is 0 Å². The van der Waals surface area contributed by atoms with Crippen molar-refractivity contribution in [3.05, 3.63) is 27.3 Å². The lowest BCUT2D eigenvalue weighted by Gasteiger charge is -2.18. The van der Waals surface area contributed by atoms with Crippen LogP contribution >= 0.6 is 22.6 Å². The molecule has 0 radical (unpaired) electrons. The maximum atomic E-state index is 13.5. The molecule has 0 unspecified atom stereocenters. The fraction of sp³-hybridized carbons (Fsp3) is 0.333. The van der Waals surface area contributed by atoms with Gasteiger partial charge in [0, 0.05) is 8.76 Å². The van der Waals surface area contributed by atoms with E-state index < -0.39 is 13.9 Å². The van der Waals surface area contributed by atoms with Gasteiger partial charge in [0.25, 0.3) is 0 Å². The van der Waals surface area contributed by atoms with E-state index in [1.165, 1.54) is 12.1 Å². The molecule has 13 heavy (non-hydrogen) atoms. The van der Waals surface area contributed by atoms with Gasteiger partial charge in [-0.15, -0.1) is 0 Å². The first kappa shape index (κ1) is 11.1. The van der Waals surface area contributed by atoms with E-state index in [9.17, 15) is 8.78 Å². The zero-order chi connectivity index (χ0) is 10.2. The predicted molar refractivity (Wildman–Crippen MR) is 62.1 cm³/mol. The monoisotopic (exact) mass is 312 g/mol. The van der Waals surface area contributed by atoms with E-state index in [4.69, 9.17) is 0 Å². The van der Waals surface area contributed by atoms with Crippen molar-refractivity contribution in [1.82, 2.24) is 0 Å². The normalized spacial score (nSPS) is 11.8. The van der Waals surface area contributed by atoms with Crippen LogP contribution in [0.15, 0.2) is 12.1 Å². The van der Waals surface area contributed by atoms with E-state index in [1.807, 2.05) is 42.2 Å². The molecule has 1 aromatic rings. The Hall–Kier alpha value is 0.0269. The third-order valence-corrected chi connectivity index (χ3v) is 4.59. The van der Waals surface area contributed by atoms with Gasteiger partial charge in [-0.05, 0) is 34.7 Å². The summed E-state index contributed by atoms with van der Waals surface area (Å²) in [7, 11) is -1.91. The summed E-state index contributed by atoms with van der Waals surface area (Å²) in [6.07, 6.45) is 0. The minimum atomic E-state index is -1.91. The van der Waals surface area contributed by atoms with Gasteiger partial charge >= 0.3 is 0 Å². The van der Waals surface area contributed by atoms with Gasteiger partial charge in [0.1, 0.15) is 11.6 Å². The molecule has 0 heterocycles. The standard InChI is InChI=1S/C9H11F2ISi/c1-13(2,3)9-6(10)4-5-7(12)8(9)11/h4-5H,1-3H3. The number of halogens is 3. The Labute approximate surface area is 91.5 Å². The number of benzene rings is 1. The van der Waals surface area contributed by atoms with Gasteiger partial charge in [0.2, 0.25) is 0 Å². The molecule has 4 heteroatoms. The molecule has 1 aromatic carbocycles. The molecular weight excluding hydrogens is 301 g/mol. The van der Waals surface area contributed by atoms with Crippen molar-refractivity contribution < 1.29 is 8.78 Å². The number of rotatable bonds is 1. The topological polar surface area (TPSA) is 0 Å². The number of hydrogen-bond acceptors (Lipinski definition) is 0. The van der Waals surface area contributed by atoms with Gasteiger partial charge in [0.05, 0.1) is 8.07 Å². The highest BCUT2D eigenvalue weighted by Gasteiger charge is 2.25. The smallest absolute Gasteiger partial charge is 0.138 e. The Morgan fingerprint density at radius 3 is 2.08 bits per heavy atom. The molecule has 0 nitrogen and oxygen atoms in total. The van der Waals surface area contributed by atoms with Gasteiger partial charge in [-0.3, -0.25) is 0 Å². The third kappa shape index (κ3) is 2.28. The average Bonchev–Trinajstić information content (AvgIpc) is 1.95. The minimum Gasteiger partial charge on any atom is -0.207 e. The van der Waals surface area contributed by atoms with Crippen LogP contribution in [0.5, 0.6) is 0 Å². The van der Waals surface area contributed by atoms with E-state index in [1.54, 1.807) is 0 Å². The summed E-state index contributed by atoms with van der Waals surface area (Å²) < 4.78 is 27.4. The van der Waals surface area contributed by atoms with Crippen LogP contribution in [0.2, 0.25) is 19.6 Å². The van der Waals surface area contributed by atoms with E-state index in [2.05, 4.69) is 0 Å². The Morgan fingerprint density at radius 1 is 1.15 bits per heavy atom. The van der Waals surface area contributed by atoms with Crippen molar-refractivity contribution in [3.8, 4) is 0 Å². The predicted octanol–water partition coefficient (Wildman–Crippen LogP) is 3.11. The Morgan fingerprint density at radius 2 is 1.69 bits per heavy atom. The molecule has 72 valence electrons. The zero-order valence-corrected chi connectivity index (χ0v) is 10.9. The van der Waals surface area contributed by atoms with Gasteiger partial charge in [-0.1, -0.05) is 19.6 Å².